The molecular formula is C26H22F3N5O5S. The Morgan fingerprint density at radius 3 is 2.60 bits per heavy atom. The van der Waals surface area contributed by atoms with E-state index < -0.39 is 29.1 Å². The van der Waals surface area contributed by atoms with E-state index in [0.717, 1.165) is 16.9 Å². The van der Waals surface area contributed by atoms with E-state index >= 15 is 0 Å². The third kappa shape index (κ3) is 5.71. The number of thiophene rings is 1. The van der Waals surface area contributed by atoms with Gasteiger partial charge in [0.2, 0.25) is 0 Å². The van der Waals surface area contributed by atoms with Gasteiger partial charge in [0, 0.05) is 23.4 Å². The van der Waals surface area contributed by atoms with Gasteiger partial charge in [0.05, 0.1) is 35.5 Å². The van der Waals surface area contributed by atoms with Gasteiger partial charge < -0.3 is 20.1 Å². The number of carbonyl (C=O) groups is 1. The zero-order chi connectivity index (χ0) is 28.4. The van der Waals surface area contributed by atoms with Crippen molar-refractivity contribution in [1.29, 1.82) is 0 Å². The molecule has 10 nitrogen and oxygen atoms in total. The number of carbonyl (C=O) groups excluding carboxylic acids is 1. The molecule has 1 amide bonds. The summed E-state index contributed by atoms with van der Waals surface area (Å²) in [6, 6.07) is 11.1. The minimum Gasteiger partial charge on any atom is -0.494 e. The fraction of sp³-hybridized carbons (Fsp3) is 0.231. The second kappa shape index (κ2) is 10.9. The van der Waals surface area contributed by atoms with Crippen molar-refractivity contribution in [3.63, 3.8) is 0 Å². The fourth-order valence-electron chi connectivity index (χ4n) is 4.33. The lowest BCUT2D eigenvalue weighted by molar-refractivity contribution is -0.384. The van der Waals surface area contributed by atoms with Gasteiger partial charge in [-0.15, -0.1) is 11.3 Å². The molecule has 0 bridgehead atoms. The summed E-state index contributed by atoms with van der Waals surface area (Å²) < 4.78 is 53.7. The third-order valence-corrected chi connectivity index (χ3v) is 7.09. The van der Waals surface area contributed by atoms with Crippen LogP contribution in [0.2, 0.25) is 0 Å². The summed E-state index contributed by atoms with van der Waals surface area (Å²) in [7, 11) is 0. The number of nitrogens with one attached hydrogen (secondary N) is 2. The number of aromatic nitrogens is 2. The number of amides is 1. The average Bonchev–Trinajstić information content (AvgIpc) is 3.59. The number of fused-ring (bicyclic) bond motifs is 1. The first-order valence-electron chi connectivity index (χ1n) is 12.1. The van der Waals surface area contributed by atoms with Crippen molar-refractivity contribution in [3.05, 3.63) is 86.7 Å². The number of hydrogen-bond acceptors (Lipinski definition) is 8. The Morgan fingerprint density at radius 1 is 1.20 bits per heavy atom. The van der Waals surface area contributed by atoms with Crippen LogP contribution in [0.4, 0.5) is 30.4 Å². The van der Waals surface area contributed by atoms with Crippen LogP contribution in [0.3, 0.4) is 0 Å². The van der Waals surface area contributed by atoms with E-state index in [4.69, 9.17) is 9.47 Å². The lowest BCUT2D eigenvalue weighted by Crippen LogP contribution is -2.36. The topological polar surface area (TPSA) is 121 Å². The monoisotopic (exact) mass is 573 g/mol. The predicted octanol–water partition coefficient (Wildman–Crippen LogP) is 6.96. The lowest BCUT2D eigenvalue weighted by atomic mass is 10.0. The maximum Gasteiger partial charge on any atom is 0.410 e. The van der Waals surface area contributed by atoms with Crippen LogP contribution >= 0.6 is 11.3 Å². The van der Waals surface area contributed by atoms with Crippen molar-refractivity contribution < 1.29 is 32.4 Å². The second-order valence-electron chi connectivity index (χ2n) is 8.79. The average molecular weight is 574 g/mol. The van der Waals surface area contributed by atoms with Gasteiger partial charge >= 0.3 is 6.18 Å². The van der Waals surface area contributed by atoms with Crippen molar-refractivity contribution in [2.45, 2.75) is 31.6 Å². The second-order valence-corrected chi connectivity index (χ2v) is 9.77. The lowest BCUT2D eigenvalue weighted by Gasteiger charge is -2.33. The molecule has 2 aromatic heterocycles. The number of non-ortho nitro benzene ring substituents is 1. The van der Waals surface area contributed by atoms with Crippen LogP contribution in [0.1, 0.15) is 40.7 Å². The molecule has 14 heteroatoms. The van der Waals surface area contributed by atoms with E-state index in [1.807, 2.05) is 6.92 Å². The molecule has 4 aromatic rings. The quantitative estimate of drug-likeness (QED) is 0.173. The number of nitrogens with zero attached hydrogens (tertiary/aromatic N) is 3. The highest BCUT2D eigenvalue weighted by Crippen LogP contribution is 2.45. The number of halogens is 3. The molecule has 0 saturated carbocycles. The van der Waals surface area contributed by atoms with Gasteiger partial charge in [0.25, 0.3) is 11.6 Å². The highest BCUT2D eigenvalue weighted by atomic mass is 32.1. The van der Waals surface area contributed by atoms with Crippen LogP contribution in [-0.4, -0.2) is 33.4 Å². The molecule has 40 heavy (non-hydrogen) atoms. The number of ether oxygens (including phenoxy) is 2. The molecule has 1 aliphatic heterocycles. The highest BCUT2D eigenvalue weighted by molar-refractivity contribution is 7.10. The van der Waals surface area contributed by atoms with E-state index in [1.165, 1.54) is 23.5 Å². The summed E-state index contributed by atoms with van der Waals surface area (Å²) in [6.07, 6.45) is -3.85. The number of anilines is 2. The number of nitro groups is 1. The van der Waals surface area contributed by atoms with E-state index in [1.54, 1.807) is 41.8 Å². The number of alkyl halides is 3. The van der Waals surface area contributed by atoms with E-state index in [-0.39, 0.29) is 34.9 Å². The minimum absolute atomic E-state index is 0.0121. The fourth-order valence-corrected chi connectivity index (χ4v) is 5.12. The third-order valence-electron chi connectivity index (χ3n) is 6.10. The molecule has 0 aliphatic carbocycles. The normalized spacial score (nSPS) is 16.5. The predicted molar refractivity (Wildman–Crippen MR) is 141 cm³/mol. The standard InChI is InChI=1S/C26H22F3N5O5S/c1-2-38-17-5-7-18(8-6-17)39-19-11-15(10-16(12-19)34(36)37)31-25(35)20-14-30-33-23(26(27,28)29)13-21(32-24(20)33)22-4-3-9-40-22/h3-12,14,21,23,32H,2,13H2,1H3,(H,31,35)/t21-,23+/m1/s1. The molecule has 2 N–H and O–H groups in total. The van der Waals surface area contributed by atoms with E-state index in [0.29, 0.717) is 23.0 Å². The van der Waals surface area contributed by atoms with Crippen LogP contribution < -0.4 is 20.1 Å². The molecule has 1 aliphatic rings. The SMILES string of the molecule is CCOc1ccc(Oc2cc(NC(=O)c3cnn4c3N[C@@H](c3cccs3)C[C@H]4C(F)(F)F)cc([N+](=O)[O-])c2)cc1. The van der Waals surface area contributed by atoms with Crippen LogP contribution in [0.5, 0.6) is 17.2 Å². The first-order chi connectivity index (χ1) is 19.1. The maximum atomic E-state index is 13.9. The largest absolute Gasteiger partial charge is 0.494 e. The highest BCUT2D eigenvalue weighted by Gasteiger charge is 2.47. The van der Waals surface area contributed by atoms with Crippen molar-refractivity contribution in [2.24, 2.45) is 0 Å². The first kappa shape index (κ1) is 27.0. The molecule has 0 radical (unpaired) electrons. The molecule has 0 unspecified atom stereocenters. The van der Waals surface area contributed by atoms with Crippen LogP contribution in [0.15, 0.2) is 66.2 Å². The van der Waals surface area contributed by atoms with E-state index in [2.05, 4.69) is 15.7 Å². The summed E-state index contributed by atoms with van der Waals surface area (Å²) in [5, 5.41) is 22.7. The molecule has 2 atom stereocenters. The smallest absolute Gasteiger partial charge is 0.410 e. The van der Waals surface area contributed by atoms with Crippen molar-refractivity contribution in [1.82, 2.24) is 9.78 Å². The Labute approximate surface area is 229 Å². The molecule has 0 spiro atoms. The van der Waals surface area contributed by atoms with Gasteiger partial charge in [-0.3, -0.25) is 14.9 Å². The van der Waals surface area contributed by atoms with Gasteiger partial charge in [-0.1, -0.05) is 6.07 Å². The molecule has 3 heterocycles. The zero-order valence-electron chi connectivity index (χ0n) is 20.8. The number of hydrogen-bond donors (Lipinski definition) is 2. The van der Waals surface area contributed by atoms with Gasteiger partial charge in [-0.2, -0.15) is 18.3 Å². The van der Waals surface area contributed by atoms with Crippen LogP contribution in [-0.2, 0) is 0 Å². The molecule has 2 aromatic carbocycles. The summed E-state index contributed by atoms with van der Waals surface area (Å²) in [6.45, 7) is 2.33. The Balaban J connectivity index is 1.42. The summed E-state index contributed by atoms with van der Waals surface area (Å²) in [4.78, 5) is 24.8. The summed E-state index contributed by atoms with van der Waals surface area (Å²) >= 11 is 1.30. The molecule has 5 rings (SSSR count). The number of rotatable bonds is 8. The summed E-state index contributed by atoms with van der Waals surface area (Å²) in [5.74, 6) is 0.163. The van der Waals surface area contributed by atoms with Crippen molar-refractivity contribution in [3.8, 4) is 17.2 Å². The Bertz CT molecular complexity index is 1520. The molecular weight excluding hydrogens is 551 g/mol. The van der Waals surface area contributed by atoms with E-state index in [9.17, 15) is 28.1 Å². The Hall–Kier alpha value is -4.59. The molecule has 208 valence electrons. The molecule has 0 fully saturated rings. The minimum atomic E-state index is -4.60. The summed E-state index contributed by atoms with van der Waals surface area (Å²) in [5.41, 5.74) is -0.488. The van der Waals surface area contributed by atoms with Crippen LogP contribution in [0.25, 0.3) is 0 Å². The van der Waals surface area contributed by atoms with Gasteiger partial charge in [0.15, 0.2) is 6.04 Å². The number of nitro benzene ring substituents is 1. The van der Waals surface area contributed by atoms with Crippen molar-refractivity contribution >= 4 is 34.4 Å². The van der Waals surface area contributed by atoms with Gasteiger partial charge in [-0.25, -0.2) is 4.68 Å². The first-order valence-corrected chi connectivity index (χ1v) is 13.0. The number of benzene rings is 2. The Kier molecular flexibility index (Phi) is 7.34. The van der Waals surface area contributed by atoms with Crippen LogP contribution in [0, 0.1) is 10.1 Å². The maximum absolute atomic E-state index is 13.9. The van der Waals surface area contributed by atoms with Crippen molar-refractivity contribution in [2.75, 3.05) is 17.2 Å². The van der Waals surface area contributed by atoms with Gasteiger partial charge in [-0.05, 0) is 42.6 Å². The van der Waals surface area contributed by atoms with Gasteiger partial charge in [0.1, 0.15) is 28.6 Å². The Morgan fingerprint density at radius 2 is 1.95 bits per heavy atom. The zero-order valence-corrected chi connectivity index (χ0v) is 21.7. The molecule has 0 saturated heterocycles.